The van der Waals surface area contributed by atoms with Crippen LogP contribution in [-0.2, 0) is 17.5 Å². The number of ether oxygens (including phenoxy) is 1. The minimum atomic E-state index is -4.46. The molecule has 0 spiro atoms. The van der Waals surface area contributed by atoms with Crippen LogP contribution >= 0.6 is 0 Å². The summed E-state index contributed by atoms with van der Waals surface area (Å²) in [6, 6.07) is 20.7. The van der Waals surface area contributed by atoms with Crippen molar-refractivity contribution in [2.75, 3.05) is 18.1 Å². The number of carbonyl (C=O) groups is 1. The number of carbonyl (C=O) groups excluding carboxylic acids is 1. The molecule has 1 amide bonds. The van der Waals surface area contributed by atoms with Gasteiger partial charge in [0, 0.05) is 31.1 Å². The summed E-state index contributed by atoms with van der Waals surface area (Å²) in [6.07, 6.45) is -2.55. The fourth-order valence-corrected chi connectivity index (χ4v) is 4.89. The molecule has 1 saturated heterocycles. The maximum atomic E-state index is 13.2. The minimum absolute atomic E-state index is 0.199. The lowest BCUT2D eigenvalue weighted by atomic mass is 10.1. The molecule has 1 atom stereocenters. The maximum Gasteiger partial charge on any atom is 0.416 e. The van der Waals surface area contributed by atoms with Crippen molar-refractivity contribution < 1.29 is 22.7 Å². The molecule has 1 fully saturated rings. The highest BCUT2D eigenvalue weighted by molar-refractivity contribution is 5.96. The number of halogens is 3. The second-order valence-electron chi connectivity index (χ2n) is 9.38. The quantitative estimate of drug-likeness (QED) is 0.248. The van der Waals surface area contributed by atoms with Gasteiger partial charge in [-0.2, -0.15) is 13.2 Å². The maximum absolute atomic E-state index is 13.2. The first-order valence-corrected chi connectivity index (χ1v) is 12.4. The molecule has 0 N–H and O–H groups in total. The van der Waals surface area contributed by atoms with E-state index in [1.807, 2.05) is 55.5 Å². The van der Waals surface area contributed by atoms with E-state index in [1.165, 1.54) is 11.0 Å². The normalized spacial score (nSPS) is 16.1. The van der Waals surface area contributed by atoms with Gasteiger partial charge < -0.3 is 14.2 Å². The number of aromatic nitrogens is 2. The summed E-state index contributed by atoms with van der Waals surface area (Å²) in [5, 5.41) is 0. The van der Waals surface area contributed by atoms with Gasteiger partial charge in [0.05, 0.1) is 23.2 Å². The molecule has 8 heteroatoms. The van der Waals surface area contributed by atoms with Gasteiger partial charge in [-0.15, -0.1) is 0 Å². The average molecular weight is 508 g/mol. The number of para-hydroxylation sites is 3. The first-order valence-electron chi connectivity index (χ1n) is 12.4. The number of nitrogens with zero attached hydrogens (tertiary/aromatic N) is 3. The molecule has 1 aliphatic heterocycles. The number of unbranched alkanes of at least 4 members (excludes halogenated alkanes) is 1. The molecule has 0 radical (unpaired) electrons. The van der Waals surface area contributed by atoms with Crippen LogP contribution in [0.3, 0.4) is 0 Å². The molecule has 37 heavy (non-hydrogen) atoms. The zero-order valence-electron chi connectivity index (χ0n) is 20.5. The number of fused-ring (bicyclic) bond motifs is 1. The standard InChI is InChI=1S/C29H28F3N3O2/c1-20-9-2-5-14-26(20)37-16-7-6-15-34-25-13-4-3-12-24(25)33-28(34)21-17-27(36)35(19-21)23-11-8-10-22(18-23)29(30,31)32/h2-5,8-14,18,21H,6-7,15-17,19H2,1H3. The van der Waals surface area contributed by atoms with E-state index in [2.05, 4.69) is 4.57 Å². The van der Waals surface area contributed by atoms with Gasteiger partial charge in [-0.05, 0) is 61.7 Å². The van der Waals surface area contributed by atoms with E-state index in [1.54, 1.807) is 6.07 Å². The summed E-state index contributed by atoms with van der Waals surface area (Å²) in [6.45, 7) is 3.62. The number of rotatable bonds is 8. The van der Waals surface area contributed by atoms with Gasteiger partial charge in [0.1, 0.15) is 11.6 Å². The van der Waals surface area contributed by atoms with Crippen LogP contribution in [0.5, 0.6) is 5.75 Å². The highest BCUT2D eigenvalue weighted by Gasteiger charge is 2.36. The van der Waals surface area contributed by atoms with E-state index >= 15 is 0 Å². The predicted octanol–water partition coefficient (Wildman–Crippen LogP) is 6.74. The number of imidazole rings is 1. The molecule has 0 aliphatic carbocycles. The molecule has 192 valence electrons. The Hall–Kier alpha value is -3.81. The summed E-state index contributed by atoms with van der Waals surface area (Å²) in [4.78, 5) is 19.2. The summed E-state index contributed by atoms with van der Waals surface area (Å²) < 4.78 is 47.8. The van der Waals surface area contributed by atoms with Gasteiger partial charge in [-0.3, -0.25) is 4.79 Å². The number of aryl methyl sites for hydroxylation is 2. The lowest BCUT2D eigenvalue weighted by Crippen LogP contribution is -2.25. The first-order chi connectivity index (χ1) is 17.8. The van der Waals surface area contributed by atoms with Crippen molar-refractivity contribution in [1.82, 2.24) is 9.55 Å². The number of hydrogen-bond donors (Lipinski definition) is 0. The van der Waals surface area contributed by atoms with Gasteiger partial charge in [0.15, 0.2) is 0 Å². The number of anilines is 1. The minimum Gasteiger partial charge on any atom is -0.493 e. The smallest absolute Gasteiger partial charge is 0.416 e. The van der Waals surface area contributed by atoms with Crippen LogP contribution in [0, 0.1) is 6.92 Å². The third kappa shape index (κ3) is 5.33. The molecule has 1 aromatic heterocycles. The van der Waals surface area contributed by atoms with Crippen molar-refractivity contribution in [3.63, 3.8) is 0 Å². The zero-order valence-corrected chi connectivity index (χ0v) is 20.5. The molecule has 1 aliphatic rings. The highest BCUT2D eigenvalue weighted by atomic mass is 19.4. The molecule has 1 unspecified atom stereocenters. The summed E-state index contributed by atoms with van der Waals surface area (Å²) in [7, 11) is 0. The van der Waals surface area contributed by atoms with Crippen molar-refractivity contribution in [3.8, 4) is 5.75 Å². The third-order valence-electron chi connectivity index (χ3n) is 6.79. The summed E-state index contributed by atoms with van der Waals surface area (Å²) in [5.74, 6) is 1.27. The van der Waals surface area contributed by atoms with Crippen molar-refractivity contribution in [3.05, 3.63) is 89.7 Å². The van der Waals surface area contributed by atoms with E-state index in [0.29, 0.717) is 19.7 Å². The fraction of sp³-hybridized carbons (Fsp3) is 0.310. The summed E-state index contributed by atoms with van der Waals surface area (Å²) >= 11 is 0. The SMILES string of the molecule is Cc1ccccc1OCCCCn1c(C2CC(=O)N(c3cccc(C(F)(F)F)c3)C2)nc2ccccc21. The Balaban J connectivity index is 1.31. The highest BCUT2D eigenvalue weighted by Crippen LogP contribution is 2.36. The molecule has 2 heterocycles. The van der Waals surface area contributed by atoms with Crippen LogP contribution in [0.1, 0.15) is 42.1 Å². The van der Waals surface area contributed by atoms with E-state index in [-0.39, 0.29) is 23.9 Å². The molecule has 5 nitrogen and oxygen atoms in total. The van der Waals surface area contributed by atoms with Gasteiger partial charge in [0.2, 0.25) is 5.91 Å². The predicted molar refractivity (Wildman–Crippen MR) is 137 cm³/mol. The van der Waals surface area contributed by atoms with Gasteiger partial charge in [-0.1, -0.05) is 36.4 Å². The van der Waals surface area contributed by atoms with E-state index in [4.69, 9.17) is 9.72 Å². The average Bonchev–Trinajstić information content (AvgIpc) is 3.45. The Bertz CT molecular complexity index is 1410. The Kier molecular flexibility index (Phi) is 6.91. The van der Waals surface area contributed by atoms with Crippen LogP contribution < -0.4 is 9.64 Å². The van der Waals surface area contributed by atoms with Gasteiger partial charge in [-0.25, -0.2) is 4.98 Å². The van der Waals surface area contributed by atoms with Crippen LogP contribution in [-0.4, -0.2) is 28.6 Å². The van der Waals surface area contributed by atoms with Crippen LogP contribution in [0.25, 0.3) is 11.0 Å². The number of amides is 1. The lowest BCUT2D eigenvalue weighted by molar-refractivity contribution is -0.137. The number of hydrogen-bond acceptors (Lipinski definition) is 3. The second kappa shape index (κ2) is 10.3. The van der Waals surface area contributed by atoms with E-state index in [0.717, 1.165) is 53.1 Å². The molecular weight excluding hydrogens is 479 g/mol. The number of alkyl halides is 3. The summed E-state index contributed by atoms with van der Waals surface area (Å²) in [5.41, 5.74) is 2.43. The topological polar surface area (TPSA) is 47.4 Å². The van der Waals surface area contributed by atoms with Gasteiger partial charge >= 0.3 is 6.18 Å². The third-order valence-corrected chi connectivity index (χ3v) is 6.79. The molecule has 3 aromatic carbocycles. The molecular formula is C29H28F3N3O2. The van der Waals surface area contributed by atoms with Crippen molar-refractivity contribution in [2.45, 2.75) is 44.8 Å². The van der Waals surface area contributed by atoms with E-state index in [9.17, 15) is 18.0 Å². The molecule has 0 bridgehead atoms. The first kappa shape index (κ1) is 24.9. The van der Waals surface area contributed by atoms with Crippen LogP contribution in [0.15, 0.2) is 72.8 Å². The lowest BCUT2D eigenvalue weighted by Gasteiger charge is -2.19. The fourth-order valence-electron chi connectivity index (χ4n) is 4.89. The Morgan fingerprint density at radius 1 is 1.00 bits per heavy atom. The Labute approximate surface area is 213 Å². The molecule has 0 saturated carbocycles. The zero-order chi connectivity index (χ0) is 26.0. The van der Waals surface area contributed by atoms with Crippen molar-refractivity contribution >= 4 is 22.6 Å². The van der Waals surface area contributed by atoms with Crippen LogP contribution in [0.2, 0.25) is 0 Å². The van der Waals surface area contributed by atoms with Crippen molar-refractivity contribution in [1.29, 1.82) is 0 Å². The molecule has 4 aromatic rings. The molecule has 5 rings (SSSR count). The van der Waals surface area contributed by atoms with Gasteiger partial charge in [0.25, 0.3) is 0 Å². The van der Waals surface area contributed by atoms with Crippen LogP contribution in [0.4, 0.5) is 18.9 Å². The van der Waals surface area contributed by atoms with E-state index < -0.39 is 11.7 Å². The second-order valence-corrected chi connectivity index (χ2v) is 9.38. The van der Waals surface area contributed by atoms with Crippen molar-refractivity contribution in [2.24, 2.45) is 0 Å². The largest absolute Gasteiger partial charge is 0.493 e. The Morgan fingerprint density at radius 2 is 1.78 bits per heavy atom. The monoisotopic (exact) mass is 507 g/mol. The Morgan fingerprint density at radius 3 is 2.59 bits per heavy atom. The number of benzene rings is 3.